The number of amides is 3. The van der Waals surface area contributed by atoms with E-state index in [1.54, 1.807) is 24.3 Å². The number of halogens is 5. The molecule has 1 aromatic carbocycles. The third-order valence-electron chi connectivity index (χ3n) is 3.50. The fourth-order valence-electron chi connectivity index (χ4n) is 2.11. The number of nitrogens with one attached hydrogen (secondary N) is 3. The van der Waals surface area contributed by atoms with Gasteiger partial charge in [0.05, 0.1) is 10.6 Å². The van der Waals surface area contributed by atoms with Crippen molar-refractivity contribution in [1.82, 2.24) is 20.8 Å². The van der Waals surface area contributed by atoms with Gasteiger partial charge in [0.25, 0.3) is 5.91 Å². The van der Waals surface area contributed by atoms with Crippen LogP contribution < -0.4 is 16.2 Å². The number of thiazole rings is 1. The molecule has 13 heteroatoms. The maximum Gasteiger partial charge on any atom is 0.417 e. The molecule has 0 aliphatic heterocycles. The lowest BCUT2D eigenvalue weighted by Crippen LogP contribution is -2.44. The van der Waals surface area contributed by atoms with E-state index in [0.717, 1.165) is 17.4 Å². The van der Waals surface area contributed by atoms with Gasteiger partial charge in [-0.3, -0.25) is 15.2 Å². The maximum atomic E-state index is 12.7. The van der Waals surface area contributed by atoms with E-state index in [1.165, 1.54) is 5.38 Å². The summed E-state index contributed by atoms with van der Waals surface area (Å²) in [5.41, 5.74) is 3.67. The van der Waals surface area contributed by atoms with Crippen molar-refractivity contribution in [3.05, 3.63) is 63.2 Å². The minimum atomic E-state index is -4.58. The second kappa shape index (κ2) is 8.86. The molecular formula is C17H10Cl2F3N5O2S. The Balaban J connectivity index is 1.62. The average Bonchev–Trinajstić information content (AvgIpc) is 3.17. The summed E-state index contributed by atoms with van der Waals surface area (Å²) in [7, 11) is 0. The normalized spacial score (nSPS) is 11.1. The van der Waals surface area contributed by atoms with Crippen molar-refractivity contribution < 1.29 is 22.8 Å². The van der Waals surface area contributed by atoms with Crippen molar-refractivity contribution in [2.24, 2.45) is 0 Å². The number of urea groups is 1. The topological polar surface area (TPSA) is 96.0 Å². The van der Waals surface area contributed by atoms with Gasteiger partial charge in [0.2, 0.25) is 0 Å². The number of aromatic nitrogens is 2. The van der Waals surface area contributed by atoms with Crippen LogP contribution in [0.15, 0.2) is 41.9 Å². The van der Waals surface area contributed by atoms with E-state index in [9.17, 15) is 22.8 Å². The number of carbonyl (C=O) groups excluding carboxylic acids is 2. The highest BCUT2D eigenvalue weighted by atomic mass is 35.5. The second-order valence-electron chi connectivity index (χ2n) is 5.63. The standard InChI is InChI=1S/C17H10Cl2F3N5O2S/c18-9-1-3-10(4-2-9)24-16(29)27-26-14(28)12-7-30-15(25-12)13-11(19)5-8(6-23-13)17(20,21)22/h1-7H,(H,26,28)(H2,24,27,29). The molecule has 2 heterocycles. The molecule has 7 nitrogen and oxygen atoms in total. The minimum absolute atomic E-state index is 0.00200. The van der Waals surface area contributed by atoms with E-state index >= 15 is 0 Å². The molecule has 0 radical (unpaired) electrons. The quantitative estimate of drug-likeness (QED) is 0.464. The molecule has 156 valence electrons. The van der Waals surface area contributed by atoms with Gasteiger partial charge in [-0.1, -0.05) is 23.2 Å². The number of nitrogens with zero attached hydrogens (tertiary/aromatic N) is 2. The maximum absolute atomic E-state index is 12.7. The van der Waals surface area contributed by atoms with Crippen LogP contribution in [0.5, 0.6) is 0 Å². The number of rotatable bonds is 3. The molecule has 3 N–H and O–H groups in total. The van der Waals surface area contributed by atoms with Gasteiger partial charge in [0.1, 0.15) is 16.4 Å². The highest BCUT2D eigenvalue weighted by molar-refractivity contribution is 7.13. The molecule has 30 heavy (non-hydrogen) atoms. The summed E-state index contributed by atoms with van der Waals surface area (Å²) in [6.45, 7) is 0. The van der Waals surface area contributed by atoms with Crippen molar-refractivity contribution in [3.63, 3.8) is 0 Å². The van der Waals surface area contributed by atoms with Crippen LogP contribution in [0.1, 0.15) is 16.1 Å². The zero-order valence-electron chi connectivity index (χ0n) is 14.6. The Morgan fingerprint density at radius 3 is 2.40 bits per heavy atom. The first-order chi connectivity index (χ1) is 14.1. The van der Waals surface area contributed by atoms with Gasteiger partial charge in [-0.2, -0.15) is 13.2 Å². The summed E-state index contributed by atoms with van der Waals surface area (Å²) in [6.07, 6.45) is -3.95. The average molecular weight is 476 g/mol. The van der Waals surface area contributed by atoms with Crippen LogP contribution in [0.2, 0.25) is 10.0 Å². The van der Waals surface area contributed by atoms with E-state index in [1.807, 2.05) is 0 Å². The molecular weight excluding hydrogens is 466 g/mol. The minimum Gasteiger partial charge on any atom is -0.307 e. The Hall–Kier alpha value is -2.89. The fourth-order valence-corrected chi connectivity index (χ4v) is 3.36. The first kappa shape index (κ1) is 21.8. The Bertz CT molecular complexity index is 1090. The first-order valence-corrected chi connectivity index (χ1v) is 9.58. The summed E-state index contributed by atoms with van der Waals surface area (Å²) >= 11 is 12.6. The van der Waals surface area contributed by atoms with Crippen LogP contribution in [0.4, 0.5) is 23.7 Å². The smallest absolute Gasteiger partial charge is 0.307 e. The SMILES string of the molecule is O=C(NNC(=O)c1csc(-c2ncc(C(F)(F)F)cc2Cl)n1)Nc1ccc(Cl)cc1. The van der Waals surface area contributed by atoms with Crippen LogP contribution in [0.25, 0.3) is 10.7 Å². The molecule has 3 amide bonds. The summed E-state index contributed by atoms with van der Waals surface area (Å²) < 4.78 is 38.1. The Labute approximate surface area is 181 Å². The number of pyridine rings is 1. The number of alkyl halides is 3. The molecule has 2 aromatic heterocycles. The number of hydrazine groups is 1. The predicted octanol–water partition coefficient (Wildman–Crippen LogP) is 5.00. The van der Waals surface area contributed by atoms with Gasteiger partial charge >= 0.3 is 12.2 Å². The molecule has 0 saturated carbocycles. The van der Waals surface area contributed by atoms with E-state index in [4.69, 9.17) is 23.2 Å². The van der Waals surface area contributed by atoms with Gasteiger partial charge in [-0.25, -0.2) is 15.2 Å². The number of hydrogen-bond donors (Lipinski definition) is 3. The number of anilines is 1. The van der Waals surface area contributed by atoms with Gasteiger partial charge in [0.15, 0.2) is 0 Å². The molecule has 3 aromatic rings. The number of hydrogen-bond acceptors (Lipinski definition) is 5. The van der Waals surface area contributed by atoms with Crippen molar-refractivity contribution >= 4 is 52.2 Å². The lowest BCUT2D eigenvalue weighted by molar-refractivity contribution is -0.137. The molecule has 3 rings (SSSR count). The van der Waals surface area contributed by atoms with Gasteiger partial charge < -0.3 is 5.32 Å². The molecule has 0 bridgehead atoms. The summed E-state index contributed by atoms with van der Waals surface area (Å²) in [4.78, 5) is 31.6. The zero-order valence-corrected chi connectivity index (χ0v) is 16.9. The van der Waals surface area contributed by atoms with Crippen LogP contribution in [0, 0.1) is 0 Å². The van der Waals surface area contributed by atoms with Crippen molar-refractivity contribution in [2.75, 3.05) is 5.32 Å². The van der Waals surface area contributed by atoms with Gasteiger partial charge in [-0.05, 0) is 30.3 Å². The largest absolute Gasteiger partial charge is 0.417 e. The molecule has 0 atom stereocenters. The highest BCUT2D eigenvalue weighted by Crippen LogP contribution is 2.34. The molecule has 0 unspecified atom stereocenters. The van der Waals surface area contributed by atoms with Gasteiger partial charge in [-0.15, -0.1) is 11.3 Å². The van der Waals surface area contributed by atoms with Crippen LogP contribution in [0.3, 0.4) is 0 Å². The van der Waals surface area contributed by atoms with Crippen molar-refractivity contribution in [1.29, 1.82) is 0 Å². The molecule has 0 fully saturated rings. The first-order valence-electron chi connectivity index (χ1n) is 7.95. The van der Waals surface area contributed by atoms with Crippen molar-refractivity contribution in [2.45, 2.75) is 6.18 Å². The van der Waals surface area contributed by atoms with E-state index < -0.39 is 23.7 Å². The summed E-state index contributed by atoms with van der Waals surface area (Å²) in [5, 5.41) is 4.20. The molecule has 0 spiro atoms. The van der Waals surface area contributed by atoms with Gasteiger partial charge in [0, 0.05) is 22.3 Å². The highest BCUT2D eigenvalue weighted by Gasteiger charge is 2.32. The molecule has 0 aliphatic rings. The Kier molecular flexibility index (Phi) is 6.44. The predicted molar refractivity (Wildman–Crippen MR) is 106 cm³/mol. The lowest BCUT2D eigenvalue weighted by atomic mass is 10.2. The monoisotopic (exact) mass is 475 g/mol. The van der Waals surface area contributed by atoms with Crippen LogP contribution >= 0.6 is 34.5 Å². The summed E-state index contributed by atoms with van der Waals surface area (Å²) in [5.74, 6) is -0.744. The van der Waals surface area contributed by atoms with E-state index in [-0.39, 0.29) is 21.4 Å². The van der Waals surface area contributed by atoms with Crippen LogP contribution in [-0.4, -0.2) is 21.9 Å². The molecule has 0 saturated heterocycles. The third-order valence-corrected chi connectivity index (χ3v) is 4.89. The second-order valence-corrected chi connectivity index (χ2v) is 7.33. The summed E-state index contributed by atoms with van der Waals surface area (Å²) in [6, 6.07) is 6.30. The fraction of sp³-hybridized carbons (Fsp3) is 0.0588. The van der Waals surface area contributed by atoms with Crippen LogP contribution in [-0.2, 0) is 6.18 Å². The number of benzene rings is 1. The Morgan fingerprint density at radius 2 is 1.77 bits per heavy atom. The molecule has 0 aliphatic carbocycles. The number of carbonyl (C=O) groups is 2. The van der Waals surface area contributed by atoms with E-state index in [2.05, 4.69) is 26.1 Å². The zero-order chi connectivity index (χ0) is 21.9. The van der Waals surface area contributed by atoms with Crippen molar-refractivity contribution in [3.8, 4) is 10.7 Å². The lowest BCUT2D eigenvalue weighted by Gasteiger charge is -2.08. The Morgan fingerprint density at radius 1 is 1.07 bits per heavy atom. The van der Waals surface area contributed by atoms with E-state index in [0.29, 0.717) is 16.9 Å². The third kappa shape index (κ3) is 5.38.